The molecule has 0 amide bonds. The van der Waals surface area contributed by atoms with Crippen LogP contribution in [0.3, 0.4) is 0 Å². The minimum atomic E-state index is -0.645. The Morgan fingerprint density at radius 3 is 2.94 bits per heavy atom. The number of nitrogens with zero attached hydrogens (tertiary/aromatic N) is 1. The number of benzene rings is 1. The molecule has 4 heteroatoms. The minimum absolute atomic E-state index is 0.190. The normalized spacial score (nSPS) is 23.4. The number of ether oxygens (including phenoxy) is 2. The Bertz CT molecular complexity index is 369. The Hall–Kier alpha value is -1.10. The van der Waals surface area contributed by atoms with Gasteiger partial charge < -0.3 is 19.5 Å². The molecule has 0 radical (unpaired) electrons. The summed E-state index contributed by atoms with van der Waals surface area (Å²) in [6.07, 6.45) is -0.834. The maximum atomic E-state index is 10.3. The van der Waals surface area contributed by atoms with Crippen molar-refractivity contribution in [2.24, 2.45) is 0 Å². The zero-order valence-electron chi connectivity index (χ0n) is 10.3. The number of para-hydroxylation sites is 1. The summed E-state index contributed by atoms with van der Waals surface area (Å²) in [5.41, 5.74) is 0.787. The highest BCUT2D eigenvalue weighted by atomic mass is 16.5. The van der Waals surface area contributed by atoms with Crippen molar-refractivity contribution in [2.75, 3.05) is 33.9 Å². The third-order valence-corrected chi connectivity index (χ3v) is 3.11. The van der Waals surface area contributed by atoms with Gasteiger partial charge in [-0.3, -0.25) is 0 Å². The standard InChI is InChI=1S/C13H19NO3/c1-14-7-8-17-12(9-14)13(15)10-5-3-4-6-11(10)16-2/h3-6,12-13,15H,7-9H2,1-2H3. The second kappa shape index (κ2) is 5.49. The number of aliphatic hydroxyl groups is 1. The largest absolute Gasteiger partial charge is 0.496 e. The first-order valence-electron chi connectivity index (χ1n) is 5.83. The topological polar surface area (TPSA) is 41.9 Å². The van der Waals surface area contributed by atoms with Gasteiger partial charge in [-0.25, -0.2) is 0 Å². The summed E-state index contributed by atoms with van der Waals surface area (Å²) in [6, 6.07) is 7.52. The molecule has 0 saturated carbocycles. The highest BCUT2D eigenvalue weighted by Crippen LogP contribution is 2.29. The summed E-state index contributed by atoms with van der Waals surface area (Å²) in [4.78, 5) is 2.16. The summed E-state index contributed by atoms with van der Waals surface area (Å²) >= 11 is 0. The Kier molecular flexibility index (Phi) is 3.99. The minimum Gasteiger partial charge on any atom is -0.496 e. The second-order valence-electron chi connectivity index (χ2n) is 4.36. The summed E-state index contributed by atoms with van der Waals surface area (Å²) in [5.74, 6) is 0.705. The highest BCUT2D eigenvalue weighted by molar-refractivity contribution is 5.35. The molecular weight excluding hydrogens is 218 g/mol. The van der Waals surface area contributed by atoms with Gasteiger partial charge in [0.2, 0.25) is 0 Å². The predicted molar refractivity (Wildman–Crippen MR) is 65.2 cm³/mol. The summed E-state index contributed by atoms with van der Waals surface area (Å²) < 4.78 is 10.9. The molecule has 94 valence electrons. The van der Waals surface area contributed by atoms with Gasteiger partial charge in [0.15, 0.2) is 0 Å². The molecule has 17 heavy (non-hydrogen) atoms. The van der Waals surface area contributed by atoms with Crippen molar-refractivity contribution in [1.82, 2.24) is 4.90 Å². The number of rotatable bonds is 3. The Morgan fingerprint density at radius 1 is 1.47 bits per heavy atom. The average molecular weight is 237 g/mol. The van der Waals surface area contributed by atoms with Crippen LogP contribution in [0.5, 0.6) is 5.75 Å². The Morgan fingerprint density at radius 2 is 2.24 bits per heavy atom. The maximum absolute atomic E-state index is 10.3. The quantitative estimate of drug-likeness (QED) is 0.853. The van der Waals surface area contributed by atoms with Gasteiger partial charge >= 0.3 is 0 Å². The van der Waals surface area contributed by atoms with Crippen LogP contribution in [0.15, 0.2) is 24.3 Å². The van der Waals surface area contributed by atoms with Gasteiger partial charge in [-0.05, 0) is 13.1 Å². The van der Waals surface area contributed by atoms with Crippen LogP contribution in [-0.2, 0) is 4.74 Å². The Balaban J connectivity index is 2.15. The number of hydrogen-bond acceptors (Lipinski definition) is 4. The van der Waals surface area contributed by atoms with Crippen LogP contribution in [0.2, 0.25) is 0 Å². The van der Waals surface area contributed by atoms with Crippen LogP contribution in [0, 0.1) is 0 Å². The number of methoxy groups -OCH3 is 1. The predicted octanol–water partition coefficient (Wildman–Crippen LogP) is 1.06. The van der Waals surface area contributed by atoms with Crippen molar-refractivity contribution in [1.29, 1.82) is 0 Å². The molecule has 0 bridgehead atoms. The van der Waals surface area contributed by atoms with E-state index in [9.17, 15) is 5.11 Å². The number of morpholine rings is 1. The van der Waals surface area contributed by atoms with E-state index in [1.807, 2.05) is 31.3 Å². The molecule has 0 spiro atoms. The fourth-order valence-electron chi connectivity index (χ4n) is 2.11. The van der Waals surface area contributed by atoms with Crippen molar-refractivity contribution in [2.45, 2.75) is 12.2 Å². The zero-order valence-corrected chi connectivity index (χ0v) is 10.3. The lowest BCUT2D eigenvalue weighted by Crippen LogP contribution is -2.43. The lowest BCUT2D eigenvalue weighted by Gasteiger charge is -2.33. The van der Waals surface area contributed by atoms with Gasteiger partial charge in [0.05, 0.1) is 13.7 Å². The molecule has 1 fully saturated rings. The van der Waals surface area contributed by atoms with E-state index >= 15 is 0 Å². The molecule has 1 aliphatic heterocycles. The Labute approximate surface area is 102 Å². The van der Waals surface area contributed by atoms with Crippen LogP contribution >= 0.6 is 0 Å². The highest BCUT2D eigenvalue weighted by Gasteiger charge is 2.28. The van der Waals surface area contributed by atoms with Crippen molar-refractivity contribution in [3.05, 3.63) is 29.8 Å². The molecule has 2 atom stereocenters. The van der Waals surface area contributed by atoms with E-state index < -0.39 is 6.10 Å². The van der Waals surface area contributed by atoms with E-state index in [1.165, 1.54) is 0 Å². The van der Waals surface area contributed by atoms with Crippen molar-refractivity contribution in [3.8, 4) is 5.75 Å². The molecule has 1 aromatic carbocycles. The first kappa shape index (κ1) is 12.4. The second-order valence-corrected chi connectivity index (χ2v) is 4.36. The van der Waals surface area contributed by atoms with Gasteiger partial charge in [0.25, 0.3) is 0 Å². The molecule has 1 saturated heterocycles. The van der Waals surface area contributed by atoms with Crippen LogP contribution in [0.4, 0.5) is 0 Å². The van der Waals surface area contributed by atoms with E-state index in [0.717, 1.165) is 18.7 Å². The van der Waals surface area contributed by atoms with Gasteiger partial charge in [-0.1, -0.05) is 18.2 Å². The molecule has 2 unspecified atom stereocenters. The first-order valence-corrected chi connectivity index (χ1v) is 5.83. The fourth-order valence-corrected chi connectivity index (χ4v) is 2.11. The van der Waals surface area contributed by atoms with Gasteiger partial charge in [0, 0.05) is 18.7 Å². The average Bonchev–Trinajstić information content (AvgIpc) is 2.38. The third kappa shape index (κ3) is 2.77. The summed E-state index contributed by atoms with van der Waals surface area (Å²) in [5, 5.41) is 10.3. The van der Waals surface area contributed by atoms with E-state index in [0.29, 0.717) is 12.4 Å². The number of likely N-dealkylation sites (N-methyl/N-ethyl adjacent to an activating group) is 1. The van der Waals surface area contributed by atoms with Gasteiger partial charge in [0.1, 0.15) is 18.0 Å². The lowest BCUT2D eigenvalue weighted by molar-refractivity contribution is -0.0849. The monoisotopic (exact) mass is 237 g/mol. The van der Waals surface area contributed by atoms with Crippen molar-refractivity contribution in [3.63, 3.8) is 0 Å². The molecule has 0 aliphatic carbocycles. The summed E-state index contributed by atoms with van der Waals surface area (Å²) in [6.45, 7) is 2.31. The van der Waals surface area contributed by atoms with E-state index in [1.54, 1.807) is 7.11 Å². The molecule has 0 aromatic heterocycles. The van der Waals surface area contributed by atoms with Crippen LogP contribution in [-0.4, -0.2) is 50.0 Å². The van der Waals surface area contributed by atoms with Gasteiger partial charge in [-0.15, -0.1) is 0 Å². The molecular formula is C13H19NO3. The third-order valence-electron chi connectivity index (χ3n) is 3.11. The number of hydrogen-bond donors (Lipinski definition) is 1. The fraction of sp³-hybridized carbons (Fsp3) is 0.538. The molecule has 1 aromatic rings. The SMILES string of the molecule is COc1ccccc1C(O)C1CN(C)CCO1. The van der Waals surface area contributed by atoms with Crippen LogP contribution in [0.1, 0.15) is 11.7 Å². The van der Waals surface area contributed by atoms with Crippen molar-refractivity contribution < 1.29 is 14.6 Å². The number of aliphatic hydroxyl groups excluding tert-OH is 1. The lowest BCUT2D eigenvalue weighted by atomic mass is 10.0. The maximum Gasteiger partial charge on any atom is 0.124 e. The van der Waals surface area contributed by atoms with E-state index in [4.69, 9.17) is 9.47 Å². The van der Waals surface area contributed by atoms with Crippen LogP contribution in [0.25, 0.3) is 0 Å². The van der Waals surface area contributed by atoms with E-state index in [2.05, 4.69) is 4.90 Å². The molecule has 4 nitrogen and oxygen atoms in total. The molecule has 1 N–H and O–H groups in total. The van der Waals surface area contributed by atoms with Crippen molar-refractivity contribution >= 4 is 0 Å². The molecule has 1 aliphatic rings. The zero-order chi connectivity index (χ0) is 12.3. The first-order chi connectivity index (χ1) is 8.22. The molecule has 2 rings (SSSR count). The molecule has 1 heterocycles. The summed E-state index contributed by atoms with van der Waals surface area (Å²) in [7, 11) is 3.64. The van der Waals surface area contributed by atoms with Gasteiger partial charge in [-0.2, -0.15) is 0 Å². The van der Waals surface area contributed by atoms with Crippen LogP contribution < -0.4 is 4.74 Å². The van der Waals surface area contributed by atoms with E-state index in [-0.39, 0.29) is 6.10 Å². The smallest absolute Gasteiger partial charge is 0.124 e.